The number of hydrogen-bond acceptors (Lipinski definition) is 6. The first-order valence-corrected chi connectivity index (χ1v) is 12.1. The van der Waals surface area contributed by atoms with Gasteiger partial charge < -0.3 is 14.1 Å². The van der Waals surface area contributed by atoms with Crippen molar-refractivity contribution in [3.05, 3.63) is 94.1 Å². The molecule has 0 radical (unpaired) electrons. The number of hydrogen-bond donors (Lipinski definition) is 0. The van der Waals surface area contributed by atoms with Crippen LogP contribution in [0.5, 0.6) is 0 Å². The highest BCUT2D eigenvalue weighted by Crippen LogP contribution is 2.38. The number of fused-ring (bicyclic) bond motifs is 1. The second-order valence-corrected chi connectivity index (χ2v) is 9.25. The molecule has 1 aromatic heterocycles. The first-order valence-electron chi connectivity index (χ1n) is 11.3. The van der Waals surface area contributed by atoms with Crippen molar-refractivity contribution in [3.8, 4) is 11.3 Å². The summed E-state index contributed by atoms with van der Waals surface area (Å²) in [6, 6.07) is 17.9. The van der Waals surface area contributed by atoms with Crippen molar-refractivity contribution >= 4 is 34.7 Å². The summed E-state index contributed by atoms with van der Waals surface area (Å²) in [5.74, 6) is 0.481. The molecule has 1 saturated heterocycles. The molecule has 5 nitrogen and oxygen atoms in total. The van der Waals surface area contributed by atoms with E-state index in [0.29, 0.717) is 41.4 Å². The Bertz CT molecular complexity index is 1390. The Morgan fingerprint density at radius 3 is 2.61 bits per heavy atom. The number of furan rings is 1. The molecule has 0 bridgehead atoms. The van der Waals surface area contributed by atoms with Crippen LogP contribution in [0.2, 0.25) is 0 Å². The van der Waals surface area contributed by atoms with Crippen molar-refractivity contribution in [2.45, 2.75) is 13.1 Å². The molecule has 2 aliphatic rings. The van der Waals surface area contributed by atoms with Gasteiger partial charge in [-0.1, -0.05) is 54.2 Å². The van der Waals surface area contributed by atoms with Crippen LogP contribution in [-0.4, -0.2) is 35.7 Å². The van der Waals surface area contributed by atoms with Gasteiger partial charge in [-0.2, -0.15) is 13.2 Å². The molecule has 0 aliphatic carbocycles. The van der Waals surface area contributed by atoms with E-state index in [1.807, 2.05) is 41.3 Å². The highest BCUT2D eigenvalue weighted by molar-refractivity contribution is 8.17. The molecule has 0 saturated carbocycles. The van der Waals surface area contributed by atoms with Gasteiger partial charge >= 0.3 is 12.1 Å². The number of benzene rings is 2. The fourth-order valence-corrected chi connectivity index (χ4v) is 5.02. The van der Waals surface area contributed by atoms with Crippen molar-refractivity contribution in [1.82, 2.24) is 4.90 Å². The minimum atomic E-state index is -4.42. The summed E-state index contributed by atoms with van der Waals surface area (Å²) in [5, 5.41) is 0.762. The van der Waals surface area contributed by atoms with Gasteiger partial charge in [0.15, 0.2) is 5.17 Å². The van der Waals surface area contributed by atoms with Gasteiger partial charge in [-0.05, 0) is 37.3 Å². The Labute approximate surface area is 210 Å². The monoisotopic (exact) mass is 510 g/mol. The van der Waals surface area contributed by atoms with Gasteiger partial charge in [-0.15, -0.1) is 0 Å². The smallest absolute Gasteiger partial charge is 0.416 e. The zero-order valence-electron chi connectivity index (χ0n) is 19.2. The van der Waals surface area contributed by atoms with Gasteiger partial charge in [0.2, 0.25) is 0 Å². The molecule has 2 aliphatic heterocycles. The zero-order chi connectivity index (χ0) is 25.3. The van der Waals surface area contributed by atoms with Crippen molar-refractivity contribution in [3.63, 3.8) is 0 Å². The van der Waals surface area contributed by atoms with Crippen LogP contribution in [0.1, 0.15) is 23.8 Å². The van der Waals surface area contributed by atoms with Crippen molar-refractivity contribution < 1.29 is 27.1 Å². The molecular formula is C27H21F3N2O3S. The number of carbonyl (C=O) groups excluding carboxylic acids is 1. The van der Waals surface area contributed by atoms with Crippen LogP contribution in [-0.2, 0) is 15.7 Å². The standard InChI is InChI=1S/C27H21F3N2O3S/c1-2-34-25(33)22-16-32-15-21(36-26(32)31-24(22)17-7-4-3-5-8-17)14-20-11-12-23(35-20)18-9-6-10-19(13-18)27(28,29)30/h3-14H,2,15-16H2,1H3. The maximum absolute atomic E-state index is 13.1. The third-order valence-corrected chi connectivity index (χ3v) is 6.70. The molecule has 2 aromatic carbocycles. The molecule has 184 valence electrons. The van der Waals surface area contributed by atoms with Gasteiger partial charge in [0, 0.05) is 16.0 Å². The Hall–Kier alpha value is -3.72. The quantitative estimate of drug-likeness (QED) is 0.358. The van der Waals surface area contributed by atoms with Crippen LogP contribution >= 0.6 is 11.8 Å². The first-order chi connectivity index (χ1) is 17.3. The lowest BCUT2D eigenvalue weighted by Gasteiger charge is -2.25. The van der Waals surface area contributed by atoms with E-state index in [1.165, 1.54) is 17.8 Å². The van der Waals surface area contributed by atoms with Crippen LogP contribution in [0.3, 0.4) is 0 Å². The van der Waals surface area contributed by atoms with Crippen molar-refractivity contribution in [2.24, 2.45) is 4.99 Å². The number of alkyl halides is 3. The number of esters is 1. The fourth-order valence-electron chi connectivity index (χ4n) is 4.00. The fraction of sp³-hybridized carbons (Fsp3) is 0.185. The SMILES string of the molecule is CCOC(=O)C1=C(c2ccccc2)N=C2SC(=Cc3ccc(-c4cccc(C(F)(F)F)c4)o3)CN2C1. The molecule has 0 unspecified atom stereocenters. The summed E-state index contributed by atoms with van der Waals surface area (Å²) < 4.78 is 50.3. The van der Waals surface area contributed by atoms with E-state index in [0.717, 1.165) is 27.8 Å². The number of ether oxygens (including phenoxy) is 1. The average Bonchev–Trinajstić information content (AvgIpc) is 3.50. The van der Waals surface area contributed by atoms with Crippen LogP contribution in [0.15, 0.2) is 86.6 Å². The van der Waals surface area contributed by atoms with E-state index in [9.17, 15) is 18.0 Å². The van der Waals surface area contributed by atoms with Crippen molar-refractivity contribution in [1.29, 1.82) is 0 Å². The maximum atomic E-state index is 13.1. The summed E-state index contributed by atoms with van der Waals surface area (Å²) in [7, 11) is 0. The van der Waals surface area contributed by atoms with Gasteiger partial charge in [0.1, 0.15) is 11.5 Å². The maximum Gasteiger partial charge on any atom is 0.416 e. The minimum absolute atomic E-state index is 0.271. The molecule has 3 heterocycles. The topological polar surface area (TPSA) is 55.0 Å². The number of aliphatic imine (C=N–C) groups is 1. The number of carbonyl (C=O) groups is 1. The Balaban J connectivity index is 1.39. The lowest BCUT2D eigenvalue weighted by atomic mass is 10.1. The number of amidine groups is 1. The molecule has 0 spiro atoms. The second kappa shape index (κ2) is 9.73. The highest BCUT2D eigenvalue weighted by Gasteiger charge is 2.33. The predicted molar refractivity (Wildman–Crippen MR) is 134 cm³/mol. The molecule has 1 fully saturated rings. The number of halogens is 3. The highest BCUT2D eigenvalue weighted by atomic mass is 32.2. The minimum Gasteiger partial charge on any atom is -0.463 e. The number of rotatable bonds is 5. The second-order valence-electron chi connectivity index (χ2n) is 8.16. The largest absolute Gasteiger partial charge is 0.463 e. The molecule has 5 rings (SSSR count). The first kappa shape index (κ1) is 24.0. The van der Waals surface area contributed by atoms with E-state index in [4.69, 9.17) is 14.1 Å². The normalized spacial score (nSPS) is 16.8. The van der Waals surface area contributed by atoms with Crippen LogP contribution < -0.4 is 0 Å². The number of nitrogens with zero attached hydrogens (tertiary/aromatic N) is 2. The van der Waals surface area contributed by atoms with Gasteiger partial charge in [0.25, 0.3) is 0 Å². The van der Waals surface area contributed by atoms with E-state index < -0.39 is 17.7 Å². The van der Waals surface area contributed by atoms with E-state index in [1.54, 1.807) is 25.1 Å². The molecule has 36 heavy (non-hydrogen) atoms. The Morgan fingerprint density at radius 2 is 1.86 bits per heavy atom. The van der Waals surface area contributed by atoms with Gasteiger partial charge in [0.05, 0.1) is 36.5 Å². The number of thioether (sulfide) groups is 1. The summed E-state index contributed by atoms with van der Waals surface area (Å²) in [6.45, 7) is 2.92. The summed E-state index contributed by atoms with van der Waals surface area (Å²) in [4.78, 5) is 20.4. The van der Waals surface area contributed by atoms with Gasteiger partial charge in [-0.25, -0.2) is 9.79 Å². The molecule has 3 aromatic rings. The van der Waals surface area contributed by atoms with E-state index in [2.05, 4.69) is 0 Å². The third kappa shape index (κ3) is 4.97. The van der Waals surface area contributed by atoms with Crippen LogP contribution in [0.25, 0.3) is 23.1 Å². The summed E-state index contributed by atoms with van der Waals surface area (Å²) >= 11 is 1.47. The molecule has 9 heteroatoms. The molecule has 0 amide bonds. The Morgan fingerprint density at radius 1 is 1.08 bits per heavy atom. The zero-order valence-corrected chi connectivity index (χ0v) is 20.0. The molecular weight excluding hydrogens is 489 g/mol. The Kier molecular flexibility index (Phi) is 6.49. The van der Waals surface area contributed by atoms with E-state index in [-0.39, 0.29) is 6.61 Å². The van der Waals surface area contributed by atoms with E-state index >= 15 is 0 Å². The lowest BCUT2D eigenvalue weighted by molar-refractivity contribution is -0.139. The lowest BCUT2D eigenvalue weighted by Crippen LogP contribution is -2.33. The molecule has 0 N–H and O–H groups in total. The predicted octanol–water partition coefficient (Wildman–Crippen LogP) is 6.70. The average molecular weight is 511 g/mol. The third-order valence-electron chi connectivity index (χ3n) is 5.66. The summed E-state index contributed by atoms with van der Waals surface area (Å²) in [5.41, 5.74) is 1.56. The molecule has 0 atom stereocenters. The van der Waals surface area contributed by atoms with Crippen molar-refractivity contribution in [2.75, 3.05) is 19.7 Å². The van der Waals surface area contributed by atoms with Gasteiger partial charge in [-0.3, -0.25) is 0 Å². The van der Waals surface area contributed by atoms with Crippen LogP contribution in [0.4, 0.5) is 13.2 Å². The summed E-state index contributed by atoms with van der Waals surface area (Å²) in [6.07, 6.45) is -2.58. The van der Waals surface area contributed by atoms with Crippen LogP contribution in [0, 0.1) is 0 Å².